The second kappa shape index (κ2) is 13.1. The van der Waals surface area contributed by atoms with Crippen molar-refractivity contribution in [1.82, 2.24) is 0 Å². The van der Waals surface area contributed by atoms with E-state index in [1.807, 2.05) is 0 Å². The van der Waals surface area contributed by atoms with Crippen molar-refractivity contribution < 1.29 is 63.6 Å². The Bertz CT molecular complexity index is 1320. The molecule has 1 fully saturated rings. The highest BCUT2D eigenvalue weighted by Crippen LogP contribution is 2.38. The number of aliphatic hydroxyl groups is 2. The van der Waals surface area contributed by atoms with Gasteiger partial charge in [-0.05, 0) is 47.5 Å². The van der Waals surface area contributed by atoms with Crippen LogP contribution in [0.5, 0.6) is 28.7 Å². The molecule has 0 aromatic heterocycles. The largest absolute Gasteiger partial charge is 0.504 e. The van der Waals surface area contributed by atoms with Crippen LogP contribution >= 0.6 is 0 Å². The van der Waals surface area contributed by atoms with E-state index < -0.39 is 54.7 Å². The summed E-state index contributed by atoms with van der Waals surface area (Å²) < 4.78 is 25.8. The maximum absolute atomic E-state index is 12.6. The van der Waals surface area contributed by atoms with Crippen LogP contribution in [0.25, 0.3) is 12.2 Å². The molecule has 220 valence electrons. The third-order valence-electron chi connectivity index (χ3n) is 6.28. The predicted molar refractivity (Wildman–Crippen MR) is 142 cm³/mol. The Morgan fingerprint density at radius 3 is 1.93 bits per heavy atom. The molecule has 1 aliphatic rings. The number of phenols is 2. The summed E-state index contributed by atoms with van der Waals surface area (Å²) in [4.78, 5) is 36.9. The molecule has 0 spiro atoms. The Kier molecular flexibility index (Phi) is 9.81. The number of hydrogen-bond donors (Lipinski definition) is 5. The third-order valence-corrected chi connectivity index (χ3v) is 6.28. The van der Waals surface area contributed by atoms with E-state index >= 15 is 0 Å². The monoisotopic (exact) mass is 574 g/mol. The highest BCUT2D eigenvalue weighted by molar-refractivity contribution is 5.88. The van der Waals surface area contributed by atoms with E-state index in [9.17, 15) is 39.9 Å². The zero-order valence-corrected chi connectivity index (χ0v) is 22.3. The summed E-state index contributed by atoms with van der Waals surface area (Å²) in [6.45, 7) is 0. The lowest BCUT2D eigenvalue weighted by Crippen LogP contribution is -2.58. The van der Waals surface area contributed by atoms with Crippen molar-refractivity contribution in [2.24, 2.45) is 0 Å². The number of carboxylic acids is 1. The van der Waals surface area contributed by atoms with E-state index in [4.69, 9.17) is 23.7 Å². The van der Waals surface area contributed by atoms with E-state index in [2.05, 4.69) is 0 Å². The first-order valence-electron chi connectivity index (χ1n) is 12.1. The van der Waals surface area contributed by atoms with Crippen LogP contribution in [0.4, 0.5) is 0 Å². The molecule has 2 aromatic rings. The lowest BCUT2D eigenvalue weighted by Gasteiger charge is -2.40. The first-order chi connectivity index (χ1) is 19.4. The Balaban J connectivity index is 1.78. The third kappa shape index (κ3) is 7.47. The van der Waals surface area contributed by atoms with E-state index in [-0.39, 0.29) is 28.7 Å². The fourth-order valence-electron chi connectivity index (χ4n) is 4.18. The molecule has 13 nitrogen and oxygen atoms in total. The summed E-state index contributed by atoms with van der Waals surface area (Å²) in [5, 5.41) is 50.3. The number of rotatable bonds is 10. The molecule has 0 amide bonds. The van der Waals surface area contributed by atoms with Gasteiger partial charge in [0.25, 0.3) is 0 Å². The number of carbonyl (C=O) groups excluding carboxylic acids is 2. The van der Waals surface area contributed by atoms with Crippen molar-refractivity contribution in [3.63, 3.8) is 0 Å². The topological polar surface area (TPSA) is 199 Å². The number of aliphatic hydroxyl groups excluding tert-OH is 1. The Labute approximate surface area is 234 Å². The SMILES string of the molecule is COc1cc(/C=C/C(=O)O[C@@H]2C[C@@](O)(C(=O)O)C[C@@H](O)[C@@H]2OC(=O)/C=C/c2cc(OC)c(O)c(OC)c2)ccc1O. The fraction of sp³-hybridized carbons (Fsp3) is 0.321. The zero-order valence-electron chi connectivity index (χ0n) is 22.3. The van der Waals surface area contributed by atoms with Crippen LogP contribution < -0.4 is 14.2 Å². The number of methoxy groups -OCH3 is 3. The van der Waals surface area contributed by atoms with Crippen LogP contribution in [0, 0.1) is 0 Å². The lowest BCUT2D eigenvalue weighted by molar-refractivity contribution is -0.204. The summed E-state index contributed by atoms with van der Waals surface area (Å²) in [6, 6.07) is 7.13. The Morgan fingerprint density at radius 1 is 0.829 bits per heavy atom. The van der Waals surface area contributed by atoms with Crippen LogP contribution in [-0.4, -0.2) is 88.7 Å². The minimum absolute atomic E-state index is 0.0822. The van der Waals surface area contributed by atoms with Crippen LogP contribution in [0.15, 0.2) is 42.5 Å². The molecule has 13 heteroatoms. The van der Waals surface area contributed by atoms with E-state index in [1.165, 1.54) is 63.8 Å². The second-order valence-electron chi connectivity index (χ2n) is 9.06. The predicted octanol–water partition coefficient (Wildman–Crippen LogP) is 1.64. The number of carbonyl (C=O) groups is 3. The summed E-state index contributed by atoms with van der Waals surface area (Å²) in [7, 11) is 4.01. The summed E-state index contributed by atoms with van der Waals surface area (Å²) in [6.07, 6.45) is -1.46. The maximum Gasteiger partial charge on any atom is 0.335 e. The van der Waals surface area contributed by atoms with Crippen molar-refractivity contribution in [2.45, 2.75) is 36.8 Å². The van der Waals surface area contributed by atoms with Gasteiger partial charge in [-0.3, -0.25) is 0 Å². The molecular formula is C28H30O13. The molecule has 0 saturated heterocycles. The van der Waals surface area contributed by atoms with Crippen molar-refractivity contribution in [2.75, 3.05) is 21.3 Å². The molecule has 0 unspecified atom stereocenters. The smallest absolute Gasteiger partial charge is 0.335 e. The number of hydrogen-bond acceptors (Lipinski definition) is 12. The van der Waals surface area contributed by atoms with Gasteiger partial charge in [-0.1, -0.05) is 6.07 Å². The first-order valence-corrected chi connectivity index (χ1v) is 12.1. The molecule has 5 N–H and O–H groups in total. The molecule has 1 saturated carbocycles. The maximum atomic E-state index is 12.6. The van der Waals surface area contributed by atoms with Crippen molar-refractivity contribution in [3.05, 3.63) is 53.6 Å². The van der Waals surface area contributed by atoms with Crippen LogP contribution in [0.3, 0.4) is 0 Å². The molecule has 4 atom stereocenters. The van der Waals surface area contributed by atoms with E-state index in [0.29, 0.717) is 11.1 Å². The van der Waals surface area contributed by atoms with Crippen LogP contribution in [-0.2, 0) is 23.9 Å². The average Bonchev–Trinajstić information content (AvgIpc) is 2.93. The molecule has 0 radical (unpaired) electrons. The molecular weight excluding hydrogens is 544 g/mol. The minimum atomic E-state index is -2.45. The number of aliphatic carboxylic acids is 1. The van der Waals surface area contributed by atoms with Crippen molar-refractivity contribution in [3.8, 4) is 28.7 Å². The van der Waals surface area contributed by atoms with Crippen LogP contribution in [0.2, 0.25) is 0 Å². The van der Waals surface area contributed by atoms with Gasteiger partial charge in [-0.15, -0.1) is 0 Å². The number of ether oxygens (including phenoxy) is 5. The number of phenolic OH excluding ortho intramolecular Hbond substituents is 2. The van der Waals surface area contributed by atoms with Gasteiger partial charge in [0.05, 0.1) is 27.4 Å². The van der Waals surface area contributed by atoms with Gasteiger partial charge in [-0.25, -0.2) is 14.4 Å². The molecule has 0 heterocycles. The van der Waals surface area contributed by atoms with Gasteiger partial charge in [0.15, 0.2) is 34.7 Å². The quantitative estimate of drug-likeness (QED) is 0.203. The highest BCUT2D eigenvalue weighted by atomic mass is 16.6. The molecule has 41 heavy (non-hydrogen) atoms. The molecule has 1 aliphatic carbocycles. The van der Waals surface area contributed by atoms with Crippen LogP contribution in [0.1, 0.15) is 24.0 Å². The number of carboxylic acid groups (broad SMARTS) is 1. The average molecular weight is 575 g/mol. The first kappa shape index (κ1) is 30.8. The highest BCUT2D eigenvalue weighted by Gasteiger charge is 2.52. The van der Waals surface area contributed by atoms with E-state index in [1.54, 1.807) is 0 Å². The molecule has 0 bridgehead atoms. The second-order valence-corrected chi connectivity index (χ2v) is 9.06. The van der Waals surface area contributed by atoms with Gasteiger partial charge in [0, 0.05) is 25.0 Å². The number of esters is 2. The van der Waals surface area contributed by atoms with Gasteiger partial charge < -0.3 is 49.2 Å². The van der Waals surface area contributed by atoms with Gasteiger partial charge in [0.1, 0.15) is 6.10 Å². The van der Waals surface area contributed by atoms with Gasteiger partial charge in [-0.2, -0.15) is 0 Å². The zero-order chi connectivity index (χ0) is 30.3. The van der Waals surface area contributed by atoms with Gasteiger partial charge in [0.2, 0.25) is 5.75 Å². The number of aromatic hydroxyl groups is 2. The lowest BCUT2D eigenvalue weighted by atomic mass is 9.79. The minimum Gasteiger partial charge on any atom is -0.504 e. The summed E-state index contributed by atoms with van der Waals surface area (Å²) >= 11 is 0. The van der Waals surface area contributed by atoms with Gasteiger partial charge >= 0.3 is 17.9 Å². The Morgan fingerprint density at radius 2 is 1.37 bits per heavy atom. The normalized spacial score (nSPS) is 22.3. The van der Waals surface area contributed by atoms with Crippen molar-refractivity contribution >= 4 is 30.1 Å². The number of benzene rings is 2. The summed E-state index contributed by atoms with van der Waals surface area (Å²) in [5.74, 6) is -3.64. The summed E-state index contributed by atoms with van der Waals surface area (Å²) in [5.41, 5.74) is -1.61. The molecule has 2 aromatic carbocycles. The van der Waals surface area contributed by atoms with Crippen molar-refractivity contribution in [1.29, 1.82) is 0 Å². The molecule has 0 aliphatic heterocycles. The fourth-order valence-corrected chi connectivity index (χ4v) is 4.18. The Hall–Kier alpha value is -4.75. The molecule has 3 rings (SSSR count). The van der Waals surface area contributed by atoms with E-state index in [0.717, 1.165) is 12.2 Å². The standard InChI is InChI=1S/C28H30O13/c1-37-19-10-15(4-7-17(19)29)5-8-23(31)40-22-14-28(36,27(34)35)13-18(30)26(22)41-24(32)9-6-16-11-20(38-2)25(33)21(12-16)39-3/h4-12,18,22,26,29-30,33,36H,13-14H2,1-3H3,(H,34,35)/b8-5+,9-6+/t18-,22-,26+,28-/m1/s1.